The zero-order valence-electron chi connectivity index (χ0n) is 25.7. The van der Waals surface area contributed by atoms with Crippen molar-refractivity contribution in [3.63, 3.8) is 0 Å². The van der Waals surface area contributed by atoms with E-state index in [2.05, 4.69) is 9.80 Å². The average molecular weight is 629 g/mol. The number of nitrogens with zero attached hydrogens (tertiary/aromatic N) is 2. The fourth-order valence-electron chi connectivity index (χ4n) is 7.27. The van der Waals surface area contributed by atoms with Crippen LogP contribution < -0.4 is 9.47 Å². The number of carbonyl (C=O) groups excluding carboxylic acids is 1. The molecule has 2 atom stereocenters. The first-order chi connectivity index (χ1) is 22.0. The first-order valence-corrected chi connectivity index (χ1v) is 17.3. The molecule has 0 unspecified atom stereocenters. The van der Waals surface area contributed by atoms with Crippen molar-refractivity contribution < 1.29 is 23.8 Å². The number of phenolic OH excluding ortho intramolecular Hbond substituents is 1. The van der Waals surface area contributed by atoms with Gasteiger partial charge in [0.1, 0.15) is 24.2 Å². The van der Waals surface area contributed by atoms with Gasteiger partial charge in [-0.3, -0.25) is 14.6 Å². The van der Waals surface area contributed by atoms with E-state index in [0.29, 0.717) is 18.2 Å². The van der Waals surface area contributed by atoms with E-state index < -0.39 is 5.82 Å². The number of rotatable bonds is 10. The summed E-state index contributed by atoms with van der Waals surface area (Å²) in [5.74, 6) is 0.362. The molecule has 4 aromatic rings. The number of ether oxygens (including phenoxy) is 2. The molecular formula is C37H41FN2O4S. The Morgan fingerprint density at radius 3 is 2.42 bits per heavy atom. The van der Waals surface area contributed by atoms with E-state index in [0.717, 1.165) is 78.3 Å². The highest BCUT2D eigenvalue weighted by Gasteiger charge is 2.33. The molecule has 1 saturated carbocycles. The van der Waals surface area contributed by atoms with Gasteiger partial charge in [-0.15, -0.1) is 11.3 Å². The Morgan fingerprint density at radius 2 is 1.64 bits per heavy atom. The number of carbonyl (C=O) groups is 1. The van der Waals surface area contributed by atoms with Gasteiger partial charge in [0, 0.05) is 38.7 Å². The second kappa shape index (κ2) is 13.5. The van der Waals surface area contributed by atoms with Crippen LogP contribution in [0.2, 0.25) is 0 Å². The molecule has 2 aliphatic heterocycles. The zero-order valence-corrected chi connectivity index (χ0v) is 26.5. The quantitative estimate of drug-likeness (QED) is 0.180. The second-order valence-corrected chi connectivity index (χ2v) is 13.7. The predicted molar refractivity (Wildman–Crippen MR) is 177 cm³/mol. The highest BCUT2D eigenvalue weighted by molar-refractivity contribution is 7.22. The van der Waals surface area contributed by atoms with E-state index >= 15 is 4.39 Å². The van der Waals surface area contributed by atoms with Crippen molar-refractivity contribution >= 4 is 27.2 Å². The maximum atomic E-state index is 15.6. The summed E-state index contributed by atoms with van der Waals surface area (Å²) in [6.07, 6.45) is 9.16. The van der Waals surface area contributed by atoms with Crippen LogP contribution in [0.25, 0.3) is 20.5 Å². The Kier molecular flexibility index (Phi) is 9.06. The first-order valence-electron chi connectivity index (χ1n) is 16.5. The van der Waals surface area contributed by atoms with E-state index in [4.69, 9.17) is 9.47 Å². The van der Waals surface area contributed by atoms with Crippen LogP contribution in [0, 0.1) is 5.82 Å². The lowest BCUT2D eigenvalue weighted by atomic mass is 9.91. The van der Waals surface area contributed by atoms with Gasteiger partial charge in [-0.25, -0.2) is 4.39 Å². The lowest BCUT2D eigenvalue weighted by molar-refractivity contribution is 0.0460. The number of hydrogen-bond donors (Lipinski definition) is 1. The van der Waals surface area contributed by atoms with Crippen LogP contribution in [-0.2, 0) is 0 Å². The minimum atomic E-state index is -0.513. The van der Waals surface area contributed by atoms with E-state index in [1.807, 2.05) is 24.3 Å². The Labute approximate surface area is 268 Å². The van der Waals surface area contributed by atoms with E-state index in [9.17, 15) is 9.90 Å². The lowest BCUT2D eigenvalue weighted by Crippen LogP contribution is -2.46. The number of benzene rings is 3. The minimum Gasteiger partial charge on any atom is -0.508 e. The average Bonchev–Trinajstić information content (AvgIpc) is 3.84. The number of aromatic hydroxyl groups is 1. The minimum absolute atomic E-state index is 0.0415. The van der Waals surface area contributed by atoms with E-state index in [1.165, 1.54) is 49.5 Å². The molecule has 8 heteroatoms. The van der Waals surface area contributed by atoms with Crippen molar-refractivity contribution in [2.75, 3.05) is 39.3 Å². The van der Waals surface area contributed by atoms with Crippen LogP contribution in [0.1, 0.15) is 67.3 Å². The molecule has 6 nitrogen and oxygen atoms in total. The summed E-state index contributed by atoms with van der Waals surface area (Å²) in [5.41, 5.74) is 1.65. The number of hydrogen-bond acceptors (Lipinski definition) is 7. The maximum Gasteiger partial charge on any atom is 0.195 e. The molecule has 3 aliphatic rings. The van der Waals surface area contributed by atoms with Crippen LogP contribution in [0.5, 0.6) is 17.2 Å². The van der Waals surface area contributed by atoms with Gasteiger partial charge in [0.05, 0.1) is 0 Å². The van der Waals surface area contributed by atoms with Crippen LogP contribution in [0.4, 0.5) is 4.39 Å². The Balaban J connectivity index is 1.12. The number of halogens is 1. The molecule has 45 heavy (non-hydrogen) atoms. The van der Waals surface area contributed by atoms with E-state index in [-0.39, 0.29) is 28.9 Å². The number of likely N-dealkylation sites (tertiary alicyclic amines) is 2. The van der Waals surface area contributed by atoms with E-state index in [1.54, 1.807) is 30.3 Å². The van der Waals surface area contributed by atoms with Crippen molar-refractivity contribution in [2.45, 2.75) is 63.5 Å². The Hall–Kier alpha value is -3.46. The van der Waals surface area contributed by atoms with Crippen molar-refractivity contribution in [3.05, 3.63) is 77.6 Å². The van der Waals surface area contributed by atoms with Gasteiger partial charge in [0.2, 0.25) is 0 Å². The molecule has 0 bridgehead atoms. The Bertz CT molecular complexity index is 1640. The molecule has 3 aromatic carbocycles. The van der Waals surface area contributed by atoms with Gasteiger partial charge in [-0.2, -0.15) is 0 Å². The van der Waals surface area contributed by atoms with Crippen molar-refractivity contribution in [2.24, 2.45) is 0 Å². The summed E-state index contributed by atoms with van der Waals surface area (Å²) >= 11 is 1.45. The molecule has 7 rings (SSSR count). The molecule has 3 fully saturated rings. The monoisotopic (exact) mass is 628 g/mol. The summed E-state index contributed by atoms with van der Waals surface area (Å²) in [4.78, 5) is 19.8. The largest absolute Gasteiger partial charge is 0.508 e. The third kappa shape index (κ3) is 6.60. The Morgan fingerprint density at radius 1 is 0.889 bits per heavy atom. The summed E-state index contributed by atoms with van der Waals surface area (Å²) in [5, 5.41) is 10.9. The zero-order chi connectivity index (χ0) is 30.8. The van der Waals surface area contributed by atoms with Gasteiger partial charge in [-0.05, 0) is 137 Å². The van der Waals surface area contributed by atoms with Crippen molar-refractivity contribution in [1.29, 1.82) is 0 Å². The van der Waals surface area contributed by atoms with Gasteiger partial charge < -0.3 is 14.6 Å². The van der Waals surface area contributed by atoms with Crippen molar-refractivity contribution in [1.82, 2.24) is 9.80 Å². The highest BCUT2D eigenvalue weighted by atomic mass is 32.1. The van der Waals surface area contributed by atoms with Gasteiger partial charge in [0.15, 0.2) is 17.3 Å². The molecule has 1 N–H and O–H groups in total. The number of ketones is 1. The molecule has 1 aliphatic carbocycles. The normalized spacial score (nSPS) is 21.0. The summed E-state index contributed by atoms with van der Waals surface area (Å²) < 4.78 is 28.7. The second-order valence-electron chi connectivity index (χ2n) is 12.6. The van der Waals surface area contributed by atoms with Crippen LogP contribution in [0.15, 0.2) is 60.7 Å². The summed E-state index contributed by atoms with van der Waals surface area (Å²) in [7, 11) is 0. The molecular weight excluding hydrogens is 587 g/mol. The lowest BCUT2D eigenvalue weighted by Gasteiger charge is -2.37. The standard InChI is InChI=1S/C37H41FN2O4S/c38-30-23-26(11-16-32(30)44-33-8-2-1-7-31(33)40-19-5-6-20-40)36(42)35-29-15-12-27(41)24-34(29)45-37(35)25-9-13-28(14-10-25)43-22-21-39-17-3-4-18-39/h9-16,23-24,31,33,41H,1-8,17-22H2/t31-,33-/m1/s1. The molecule has 236 valence electrons. The molecule has 1 aromatic heterocycles. The molecule has 3 heterocycles. The number of fused-ring (bicyclic) bond motifs is 1. The molecule has 0 amide bonds. The SMILES string of the molecule is O=C(c1ccc(O[C@@H]2CCCC[C@H]2N2CCCC2)c(F)c1)c1c(-c2ccc(OCCN3CCCC3)cc2)sc2cc(O)ccc12. The first kappa shape index (κ1) is 30.2. The van der Waals surface area contributed by atoms with Crippen LogP contribution >= 0.6 is 11.3 Å². The van der Waals surface area contributed by atoms with Gasteiger partial charge in [-0.1, -0.05) is 6.42 Å². The predicted octanol–water partition coefficient (Wildman–Crippen LogP) is 7.90. The maximum absolute atomic E-state index is 15.6. The molecule has 0 radical (unpaired) electrons. The molecule has 0 spiro atoms. The number of phenols is 1. The third-order valence-electron chi connectivity index (χ3n) is 9.64. The summed E-state index contributed by atoms with van der Waals surface area (Å²) in [6, 6.07) is 17.8. The van der Waals surface area contributed by atoms with Crippen LogP contribution in [0.3, 0.4) is 0 Å². The van der Waals surface area contributed by atoms with Crippen LogP contribution in [-0.4, -0.2) is 72.2 Å². The van der Waals surface area contributed by atoms with Gasteiger partial charge >= 0.3 is 0 Å². The molecule has 2 saturated heterocycles. The van der Waals surface area contributed by atoms with Gasteiger partial charge in [0.25, 0.3) is 0 Å². The fraction of sp³-hybridized carbons (Fsp3) is 0.432. The topological polar surface area (TPSA) is 62.2 Å². The number of thiophene rings is 1. The third-order valence-corrected chi connectivity index (χ3v) is 10.8. The highest BCUT2D eigenvalue weighted by Crippen LogP contribution is 2.42. The smallest absolute Gasteiger partial charge is 0.195 e. The fourth-order valence-corrected chi connectivity index (χ4v) is 8.50. The van der Waals surface area contributed by atoms with Crippen molar-refractivity contribution in [3.8, 4) is 27.7 Å². The summed E-state index contributed by atoms with van der Waals surface area (Å²) in [6.45, 7) is 6.00.